The quantitative estimate of drug-likeness (QED) is 0.865. The number of aromatic nitrogens is 1. The zero-order chi connectivity index (χ0) is 14.2. The number of hydrogen-bond donors (Lipinski definition) is 1. The van der Waals surface area contributed by atoms with Gasteiger partial charge >= 0.3 is 6.18 Å². The van der Waals surface area contributed by atoms with Crippen LogP contribution >= 0.6 is 0 Å². The van der Waals surface area contributed by atoms with E-state index < -0.39 is 11.7 Å². The molecule has 0 radical (unpaired) electrons. The highest BCUT2D eigenvalue weighted by atomic mass is 19.4. The van der Waals surface area contributed by atoms with Gasteiger partial charge in [-0.2, -0.15) is 13.2 Å². The smallest absolute Gasteiger partial charge is 0.372 e. The van der Waals surface area contributed by atoms with Gasteiger partial charge in [-0.1, -0.05) is 12.1 Å². The molecule has 1 N–H and O–H groups in total. The molecule has 0 fully saturated rings. The minimum atomic E-state index is -4.39. The summed E-state index contributed by atoms with van der Waals surface area (Å²) in [5, 5.41) is 2.96. The summed E-state index contributed by atoms with van der Waals surface area (Å²) in [6, 6.07) is 6.49. The molecule has 0 saturated heterocycles. The number of fused-ring (bicyclic) bond motifs is 1. The molecule has 3 nitrogen and oxygen atoms in total. The zero-order valence-corrected chi connectivity index (χ0v) is 10.3. The zero-order valence-electron chi connectivity index (χ0n) is 10.3. The number of rotatable bonds is 1. The number of aliphatic imine (C=N–C) groups is 1. The van der Waals surface area contributed by atoms with Crippen LogP contribution in [0.5, 0.6) is 0 Å². The summed E-state index contributed by atoms with van der Waals surface area (Å²) in [7, 11) is 0. The second-order valence-corrected chi connectivity index (χ2v) is 4.40. The monoisotopic (exact) mass is 277 g/mol. The van der Waals surface area contributed by atoms with E-state index in [4.69, 9.17) is 0 Å². The Morgan fingerprint density at radius 1 is 1.15 bits per heavy atom. The summed E-state index contributed by atoms with van der Waals surface area (Å²) in [5.74, 6) is 0. The highest BCUT2D eigenvalue weighted by Gasteiger charge is 2.31. The topological polar surface area (TPSA) is 37.3 Å². The second kappa shape index (κ2) is 4.63. The molecular weight excluding hydrogens is 267 g/mol. The van der Waals surface area contributed by atoms with Gasteiger partial charge in [0.25, 0.3) is 0 Å². The highest BCUT2D eigenvalue weighted by Crippen LogP contribution is 2.35. The van der Waals surface area contributed by atoms with Crippen LogP contribution in [0.4, 0.5) is 18.9 Å². The van der Waals surface area contributed by atoms with Gasteiger partial charge in [-0.3, -0.25) is 4.98 Å². The molecule has 1 aromatic heterocycles. The Hall–Kier alpha value is -2.37. The summed E-state index contributed by atoms with van der Waals surface area (Å²) in [4.78, 5) is 7.87. The Bertz CT molecular complexity index is 678. The lowest BCUT2D eigenvalue weighted by atomic mass is 9.98. The molecular formula is C14H10F3N3. The van der Waals surface area contributed by atoms with Crippen LogP contribution in [0.25, 0.3) is 11.1 Å². The van der Waals surface area contributed by atoms with E-state index in [9.17, 15) is 13.2 Å². The van der Waals surface area contributed by atoms with Crippen molar-refractivity contribution in [1.29, 1.82) is 0 Å². The van der Waals surface area contributed by atoms with Crippen molar-refractivity contribution in [2.45, 2.75) is 12.7 Å². The third kappa shape index (κ3) is 2.24. The molecule has 3 rings (SSSR count). The molecule has 0 atom stereocenters. The fraction of sp³-hybridized carbons (Fsp3) is 0.143. The van der Waals surface area contributed by atoms with Crippen molar-refractivity contribution >= 4 is 12.0 Å². The van der Waals surface area contributed by atoms with Crippen molar-refractivity contribution in [3.05, 3.63) is 47.8 Å². The number of nitrogens with one attached hydrogen (secondary N) is 1. The maximum absolute atomic E-state index is 12.7. The number of halogens is 3. The van der Waals surface area contributed by atoms with Gasteiger partial charge < -0.3 is 5.32 Å². The van der Waals surface area contributed by atoms with Gasteiger partial charge in [-0.05, 0) is 17.7 Å². The average Bonchev–Trinajstić information content (AvgIpc) is 2.46. The molecule has 6 heteroatoms. The number of nitrogens with zero attached hydrogens (tertiary/aromatic N) is 2. The van der Waals surface area contributed by atoms with Crippen LogP contribution in [0.1, 0.15) is 11.1 Å². The van der Waals surface area contributed by atoms with Gasteiger partial charge in [-0.15, -0.1) is 0 Å². The summed E-state index contributed by atoms with van der Waals surface area (Å²) < 4.78 is 38.2. The number of hydrogen-bond acceptors (Lipinski definition) is 3. The third-order valence-electron chi connectivity index (χ3n) is 3.10. The van der Waals surface area contributed by atoms with Crippen LogP contribution in [0.15, 0.2) is 41.7 Å². The predicted octanol–water partition coefficient (Wildman–Crippen LogP) is 3.53. The van der Waals surface area contributed by atoms with Gasteiger partial charge in [0, 0.05) is 30.1 Å². The van der Waals surface area contributed by atoms with Crippen molar-refractivity contribution in [2.24, 2.45) is 4.99 Å². The Kier molecular flexibility index (Phi) is 2.93. The first-order chi connectivity index (χ1) is 9.55. The molecule has 0 saturated carbocycles. The molecule has 1 aliphatic rings. The Balaban J connectivity index is 2.13. The Morgan fingerprint density at radius 2 is 2.00 bits per heavy atom. The first-order valence-electron chi connectivity index (χ1n) is 5.96. The first kappa shape index (κ1) is 12.7. The van der Waals surface area contributed by atoms with E-state index in [0.29, 0.717) is 17.7 Å². The summed E-state index contributed by atoms with van der Waals surface area (Å²) in [6.07, 6.45) is -0.552. The van der Waals surface area contributed by atoms with Crippen LogP contribution in [-0.4, -0.2) is 11.3 Å². The van der Waals surface area contributed by atoms with Crippen LogP contribution in [0.3, 0.4) is 0 Å². The normalized spacial score (nSPS) is 13.8. The van der Waals surface area contributed by atoms with E-state index in [-0.39, 0.29) is 0 Å². The molecule has 1 aliphatic heterocycles. The first-order valence-corrected chi connectivity index (χ1v) is 5.96. The largest absolute Gasteiger partial charge is 0.417 e. The van der Waals surface area contributed by atoms with Crippen LogP contribution < -0.4 is 5.32 Å². The Morgan fingerprint density at radius 3 is 2.80 bits per heavy atom. The molecule has 2 aromatic rings. The fourth-order valence-corrected chi connectivity index (χ4v) is 2.16. The lowest BCUT2D eigenvalue weighted by Gasteiger charge is -2.16. The summed E-state index contributed by atoms with van der Waals surface area (Å²) >= 11 is 0. The van der Waals surface area contributed by atoms with Crippen molar-refractivity contribution in [2.75, 3.05) is 0 Å². The number of benzene rings is 1. The van der Waals surface area contributed by atoms with E-state index in [1.54, 1.807) is 18.5 Å². The van der Waals surface area contributed by atoms with Gasteiger partial charge in [0.05, 0.1) is 17.6 Å². The van der Waals surface area contributed by atoms with Crippen LogP contribution in [0, 0.1) is 0 Å². The molecule has 20 heavy (non-hydrogen) atoms. The summed E-state index contributed by atoms with van der Waals surface area (Å²) in [5.41, 5.74) is 2.04. The lowest BCUT2D eigenvalue weighted by molar-refractivity contribution is -0.137. The fourth-order valence-electron chi connectivity index (χ4n) is 2.16. The van der Waals surface area contributed by atoms with E-state index in [1.807, 2.05) is 6.07 Å². The minimum absolute atomic E-state index is 0.440. The van der Waals surface area contributed by atoms with E-state index in [2.05, 4.69) is 15.3 Å². The predicted molar refractivity (Wildman–Crippen MR) is 69.7 cm³/mol. The molecule has 2 heterocycles. The minimum Gasteiger partial charge on any atom is -0.372 e. The van der Waals surface area contributed by atoms with Gasteiger partial charge in [0.1, 0.15) is 0 Å². The second-order valence-electron chi connectivity index (χ2n) is 4.40. The van der Waals surface area contributed by atoms with E-state index in [0.717, 1.165) is 23.5 Å². The summed E-state index contributed by atoms with van der Waals surface area (Å²) in [6.45, 7) is 0.533. The van der Waals surface area contributed by atoms with Crippen LogP contribution in [-0.2, 0) is 12.7 Å². The maximum Gasteiger partial charge on any atom is 0.417 e. The SMILES string of the molecule is FC(F)(F)c1cncc(-c2cccc3c2CNC=N3)c1. The molecule has 0 bridgehead atoms. The molecule has 0 unspecified atom stereocenters. The van der Waals surface area contributed by atoms with E-state index >= 15 is 0 Å². The number of pyridine rings is 1. The van der Waals surface area contributed by atoms with Gasteiger partial charge in [-0.25, -0.2) is 4.99 Å². The molecule has 1 aromatic carbocycles. The molecule has 0 aliphatic carbocycles. The van der Waals surface area contributed by atoms with Crippen molar-refractivity contribution in [1.82, 2.24) is 10.3 Å². The highest BCUT2D eigenvalue weighted by molar-refractivity contribution is 5.77. The maximum atomic E-state index is 12.7. The average molecular weight is 277 g/mol. The molecule has 0 spiro atoms. The van der Waals surface area contributed by atoms with Gasteiger partial charge in [0.15, 0.2) is 0 Å². The number of alkyl halides is 3. The third-order valence-corrected chi connectivity index (χ3v) is 3.10. The van der Waals surface area contributed by atoms with Crippen molar-refractivity contribution < 1.29 is 13.2 Å². The standard InChI is InChI=1S/C14H10F3N3/c15-14(16,17)10-4-9(5-18-6-10)11-2-1-3-13-12(11)7-19-8-20-13/h1-6,8H,7H2,(H,19,20). The van der Waals surface area contributed by atoms with Crippen LogP contribution in [0.2, 0.25) is 0 Å². The van der Waals surface area contributed by atoms with Crippen molar-refractivity contribution in [3.63, 3.8) is 0 Å². The molecule has 0 amide bonds. The van der Waals surface area contributed by atoms with Gasteiger partial charge in [0.2, 0.25) is 0 Å². The van der Waals surface area contributed by atoms with Crippen molar-refractivity contribution in [3.8, 4) is 11.1 Å². The molecule has 102 valence electrons. The van der Waals surface area contributed by atoms with E-state index in [1.165, 1.54) is 6.20 Å². The lowest BCUT2D eigenvalue weighted by Crippen LogP contribution is -2.15. The Labute approximate surface area is 113 Å².